The lowest BCUT2D eigenvalue weighted by Crippen LogP contribution is -2.40. The van der Waals surface area contributed by atoms with E-state index in [0.717, 1.165) is 41.8 Å². The van der Waals surface area contributed by atoms with Crippen molar-refractivity contribution in [3.63, 3.8) is 0 Å². The third kappa shape index (κ3) is 4.15. The molecule has 0 saturated carbocycles. The number of benzene rings is 2. The SMILES string of the molecule is Cc1ncc(-c2ccc(F)cc2)c(C2CCCN(C(=O)Cc3ccc4c(c3)OCO4)C2)n1. The van der Waals surface area contributed by atoms with Crippen LogP contribution in [0, 0.1) is 12.7 Å². The molecule has 164 valence electrons. The van der Waals surface area contributed by atoms with Gasteiger partial charge in [0.2, 0.25) is 12.7 Å². The number of likely N-dealkylation sites (tertiary alicyclic amines) is 1. The van der Waals surface area contributed by atoms with Gasteiger partial charge in [0.25, 0.3) is 0 Å². The summed E-state index contributed by atoms with van der Waals surface area (Å²) < 4.78 is 24.2. The van der Waals surface area contributed by atoms with Crippen LogP contribution in [0.15, 0.2) is 48.7 Å². The highest BCUT2D eigenvalue weighted by Gasteiger charge is 2.28. The van der Waals surface area contributed by atoms with Gasteiger partial charge in [-0.1, -0.05) is 18.2 Å². The molecule has 0 N–H and O–H groups in total. The van der Waals surface area contributed by atoms with Gasteiger partial charge in [-0.25, -0.2) is 14.4 Å². The molecular formula is C25H24FN3O3. The maximum absolute atomic E-state index is 13.4. The quantitative estimate of drug-likeness (QED) is 0.615. The van der Waals surface area contributed by atoms with Gasteiger partial charge in [-0.2, -0.15) is 0 Å². The molecule has 1 saturated heterocycles. The number of aryl methyl sites for hydroxylation is 1. The minimum Gasteiger partial charge on any atom is -0.454 e. The zero-order valence-corrected chi connectivity index (χ0v) is 17.9. The van der Waals surface area contributed by atoms with Gasteiger partial charge >= 0.3 is 0 Å². The standard InChI is InChI=1S/C25H24FN3O3/c1-16-27-13-21(18-5-7-20(26)8-6-18)25(28-16)19-3-2-10-29(14-19)24(30)12-17-4-9-22-23(11-17)32-15-31-22/h4-9,11,13,19H,2-3,10,12,14-15H2,1H3. The van der Waals surface area contributed by atoms with Crippen molar-refractivity contribution in [1.82, 2.24) is 14.9 Å². The van der Waals surface area contributed by atoms with Crippen molar-refractivity contribution in [2.75, 3.05) is 19.9 Å². The van der Waals surface area contributed by atoms with Gasteiger partial charge in [0.15, 0.2) is 11.5 Å². The molecule has 2 aliphatic rings. The van der Waals surface area contributed by atoms with Crippen LogP contribution in [0.2, 0.25) is 0 Å². The topological polar surface area (TPSA) is 64.6 Å². The number of halogens is 1. The first-order valence-electron chi connectivity index (χ1n) is 10.8. The molecule has 0 aliphatic carbocycles. The highest BCUT2D eigenvalue weighted by Crippen LogP contribution is 2.35. The van der Waals surface area contributed by atoms with Crippen molar-refractivity contribution in [3.8, 4) is 22.6 Å². The number of carbonyl (C=O) groups excluding carboxylic acids is 1. The molecule has 0 bridgehead atoms. The fraction of sp³-hybridized carbons (Fsp3) is 0.320. The Morgan fingerprint density at radius 1 is 1.16 bits per heavy atom. The van der Waals surface area contributed by atoms with E-state index < -0.39 is 0 Å². The predicted octanol–water partition coefficient (Wildman–Crippen LogP) is 4.27. The van der Waals surface area contributed by atoms with Crippen LogP contribution < -0.4 is 9.47 Å². The third-order valence-corrected chi connectivity index (χ3v) is 6.05. The Balaban J connectivity index is 1.35. The normalized spacial score (nSPS) is 17.4. The molecule has 1 atom stereocenters. The number of amides is 1. The van der Waals surface area contributed by atoms with Crippen LogP contribution in [-0.2, 0) is 11.2 Å². The predicted molar refractivity (Wildman–Crippen MR) is 117 cm³/mol. The van der Waals surface area contributed by atoms with Crippen LogP contribution in [0.4, 0.5) is 4.39 Å². The Hall–Kier alpha value is -3.48. The second-order valence-corrected chi connectivity index (χ2v) is 8.27. The molecule has 32 heavy (non-hydrogen) atoms. The molecule has 5 rings (SSSR count). The van der Waals surface area contributed by atoms with E-state index in [9.17, 15) is 9.18 Å². The van der Waals surface area contributed by atoms with E-state index >= 15 is 0 Å². The lowest BCUT2D eigenvalue weighted by molar-refractivity contribution is -0.131. The number of hydrogen-bond donors (Lipinski definition) is 0. The van der Waals surface area contributed by atoms with Crippen LogP contribution in [0.3, 0.4) is 0 Å². The van der Waals surface area contributed by atoms with E-state index in [1.165, 1.54) is 12.1 Å². The van der Waals surface area contributed by atoms with Crippen LogP contribution in [0.5, 0.6) is 11.5 Å². The molecule has 0 radical (unpaired) electrons. The van der Waals surface area contributed by atoms with Crippen LogP contribution in [0.25, 0.3) is 11.1 Å². The highest BCUT2D eigenvalue weighted by molar-refractivity contribution is 5.79. The summed E-state index contributed by atoms with van der Waals surface area (Å²) in [5.74, 6) is 2.00. The second kappa shape index (κ2) is 8.57. The minimum absolute atomic E-state index is 0.0858. The van der Waals surface area contributed by atoms with Crippen molar-refractivity contribution in [3.05, 3.63) is 71.6 Å². The molecular weight excluding hydrogens is 409 g/mol. The molecule has 1 unspecified atom stereocenters. The summed E-state index contributed by atoms with van der Waals surface area (Å²) in [7, 11) is 0. The molecule has 2 aromatic carbocycles. The molecule has 7 heteroatoms. The van der Waals surface area contributed by atoms with Crippen LogP contribution in [-0.4, -0.2) is 40.7 Å². The number of rotatable bonds is 4. The fourth-order valence-corrected chi connectivity index (χ4v) is 4.41. The minimum atomic E-state index is -0.277. The maximum Gasteiger partial charge on any atom is 0.231 e. The lowest BCUT2D eigenvalue weighted by atomic mass is 9.89. The smallest absolute Gasteiger partial charge is 0.231 e. The summed E-state index contributed by atoms with van der Waals surface area (Å²) in [5.41, 5.74) is 3.60. The Morgan fingerprint density at radius 2 is 1.97 bits per heavy atom. The summed E-state index contributed by atoms with van der Waals surface area (Å²) in [6.07, 6.45) is 3.97. The molecule has 6 nitrogen and oxygen atoms in total. The number of hydrogen-bond acceptors (Lipinski definition) is 5. The Bertz CT molecular complexity index is 1150. The zero-order valence-electron chi connectivity index (χ0n) is 17.9. The maximum atomic E-state index is 13.4. The molecule has 3 aromatic rings. The van der Waals surface area contributed by atoms with Gasteiger partial charge in [0.05, 0.1) is 12.1 Å². The average molecular weight is 433 g/mol. The Labute approximate surface area is 186 Å². The summed E-state index contributed by atoms with van der Waals surface area (Å²) in [5, 5.41) is 0. The van der Waals surface area contributed by atoms with Crippen LogP contribution >= 0.6 is 0 Å². The zero-order chi connectivity index (χ0) is 22.1. The van der Waals surface area contributed by atoms with Gasteiger partial charge in [-0.05, 0) is 55.2 Å². The largest absolute Gasteiger partial charge is 0.454 e. The van der Waals surface area contributed by atoms with Crippen molar-refractivity contribution in [2.24, 2.45) is 0 Å². The van der Waals surface area contributed by atoms with E-state index in [1.807, 2.05) is 30.0 Å². The number of piperidine rings is 1. The van der Waals surface area contributed by atoms with Crippen molar-refractivity contribution < 1.29 is 18.7 Å². The highest BCUT2D eigenvalue weighted by atomic mass is 19.1. The monoisotopic (exact) mass is 433 g/mol. The average Bonchev–Trinajstić information content (AvgIpc) is 3.28. The number of nitrogens with zero attached hydrogens (tertiary/aromatic N) is 3. The molecule has 1 fully saturated rings. The first-order chi connectivity index (χ1) is 15.6. The van der Waals surface area contributed by atoms with Gasteiger partial charge in [-0.3, -0.25) is 4.79 Å². The summed E-state index contributed by atoms with van der Waals surface area (Å²) >= 11 is 0. The number of ether oxygens (including phenoxy) is 2. The molecule has 3 heterocycles. The second-order valence-electron chi connectivity index (χ2n) is 8.27. The van der Waals surface area contributed by atoms with Crippen LogP contribution in [0.1, 0.15) is 35.8 Å². The van der Waals surface area contributed by atoms with E-state index in [2.05, 4.69) is 4.98 Å². The third-order valence-electron chi connectivity index (χ3n) is 6.05. The Morgan fingerprint density at radius 3 is 2.81 bits per heavy atom. The Kier molecular flexibility index (Phi) is 5.47. The van der Waals surface area contributed by atoms with E-state index in [0.29, 0.717) is 30.3 Å². The van der Waals surface area contributed by atoms with E-state index in [4.69, 9.17) is 14.5 Å². The van der Waals surface area contributed by atoms with Gasteiger partial charge in [0.1, 0.15) is 11.6 Å². The first-order valence-corrected chi connectivity index (χ1v) is 10.8. The summed E-state index contributed by atoms with van der Waals surface area (Å²) in [6, 6.07) is 12.0. The van der Waals surface area contributed by atoms with Crippen molar-refractivity contribution >= 4 is 5.91 Å². The summed E-state index contributed by atoms with van der Waals surface area (Å²) in [6.45, 7) is 3.42. The lowest BCUT2D eigenvalue weighted by Gasteiger charge is -2.33. The van der Waals surface area contributed by atoms with Gasteiger partial charge < -0.3 is 14.4 Å². The molecule has 0 spiro atoms. The number of aromatic nitrogens is 2. The van der Waals surface area contributed by atoms with Gasteiger partial charge in [-0.15, -0.1) is 0 Å². The first kappa shape index (κ1) is 20.4. The molecule has 1 amide bonds. The molecule has 1 aromatic heterocycles. The molecule has 2 aliphatic heterocycles. The van der Waals surface area contributed by atoms with E-state index in [1.54, 1.807) is 18.3 Å². The summed E-state index contributed by atoms with van der Waals surface area (Å²) in [4.78, 5) is 24.1. The van der Waals surface area contributed by atoms with E-state index in [-0.39, 0.29) is 24.4 Å². The number of carbonyl (C=O) groups is 1. The fourth-order valence-electron chi connectivity index (χ4n) is 4.41. The van der Waals surface area contributed by atoms with Gasteiger partial charge in [0, 0.05) is 30.8 Å². The van der Waals surface area contributed by atoms with Crippen molar-refractivity contribution in [1.29, 1.82) is 0 Å². The van der Waals surface area contributed by atoms with Crippen molar-refractivity contribution in [2.45, 2.75) is 32.1 Å². The number of fused-ring (bicyclic) bond motifs is 1.